The molecule has 0 saturated carbocycles. The van der Waals surface area contributed by atoms with E-state index in [1.54, 1.807) is 0 Å². The van der Waals surface area contributed by atoms with E-state index in [1.807, 2.05) is 32.0 Å². The Morgan fingerprint density at radius 3 is 2.27 bits per heavy atom. The smallest absolute Gasteiger partial charge is 0.261 e. The number of aryl methyl sites for hydroxylation is 2. The summed E-state index contributed by atoms with van der Waals surface area (Å²) in [5.41, 5.74) is 2.94. The van der Waals surface area contributed by atoms with Gasteiger partial charge in [0.1, 0.15) is 0 Å². The maximum atomic E-state index is 12.5. The topological polar surface area (TPSA) is 63.2 Å². The van der Waals surface area contributed by atoms with Gasteiger partial charge in [-0.15, -0.1) is 0 Å². The van der Waals surface area contributed by atoms with Crippen molar-refractivity contribution in [3.63, 3.8) is 0 Å². The molecule has 0 radical (unpaired) electrons. The molecule has 0 aliphatic rings. The first kappa shape index (κ1) is 16.2. The molecule has 0 bridgehead atoms. The summed E-state index contributed by atoms with van der Waals surface area (Å²) in [4.78, 5) is 11.4. The lowest BCUT2D eigenvalue weighted by Gasteiger charge is -2.14. The number of rotatable bonds is 5. The van der Waals surface area contributed by atoms with Crippen molar-refractivity contribution in [3.05, 3.63) is 59.2 Å². The molecule has 2 aromatic rings. The summed E-state index contributed by atoms with van der Waals surface area (Å²) in [6, 6.07) is 11.6. The molecule has 116 valence electrons. The molecule has 1 N–H and O–H groups in total. The largest absolute Gasteiger partial charge is 0.295 e. The van der Waals surface area contributed by atoms with Crippen LogP contribution in [0.1, 0.15) is 35.3 Å². The number of anilines is 1. The normalized spacial score (nSPS) is 11.2. The summed E-state index contributed by atoms with van der Waals surface area (Å²) in [5.74, 6) is -0.0934. The van der Waals surface area contributed by atoms with Crippen LogP contribution < -0.4 is 4.72 Å². The molecule has 2 aromatic carbocycles. The van der Waals surface area contributed by atoms with Crippen molar-refractivity contribution >= 4 is 21.5 Å². The third-order valence-corrected chi connectivity index (χ3v) is 4.91. The number of hydrogen-bond donors (Lipinski definition) is 1. The minimum atomic E-state index is -3.67. The van der Waals surface area contributed by atoms with Crippen LogP contribution in [0.5, 0.6) is 0 Å². The van der Waals surface area contributed by atoms with Gasteiger partial charge in [-0.3, -0.25) is 9.52 Å². The van der Waals surface area contributed by atoms with Crippen LogP contribution in [0.4, 0.5) is 5.69 Å². The Bertz CT molecular complexity index is 793. The van der Waals surface area contributed by atoms with Crippen molar-refractivity contribution in [2.24, 2.45) is 0 Å². The highest BCUT2D eigenvalue weighted by Crippen LogP contribution is 2.24. The van der Waals surface area contributed by atoms with E-state index in [2.05, 4.69) is 4.72 Å². The first-order valence-electron chi connectivity index (χ1n) is 7.07. The molecule has 0 heterocycles. The zero-order chi connectivity index (χ0) is 16.3. The van der Waals surface area contributed by atoms with Crippen LogP contribution in [0, 0.1) is 6.92 Å². The monoisotopic (exact) mass is 317 g/mol. The van der Waals surface area contributed by atoms with Gasteiger partial charge in [0.2, 0.25) is 0 Å². The van der Waals surface area contributed by atoms with Crippen LogP contribution in [-0.4, -0.2) is 14.2 Å². The molecule has 0 saturated heterocycles. The predicted octanol–water partition coefficient (Wildman–Crippen LogP) is 3.56. The highest BCUT2D eigenvalue weighted by atomic mass is 32.2. The molecule has 2 rings (SSSR count). The fraction of sp³-hybridized carbons (Fsp3) is 0.235. The Kier molecular flexibility index (Phi) is 4.66. The molecular weight excluding hydrogens is 298 g/mol. The van der Waals surface area contributed by atoms with E-state index in [1.165, 1.54) is 31.2 Å². The van der Waals surface area contributed by atoms with Gasteiger partial charge < -0.3 is 0 Å². The van der Waals surface area contributed by atoms with E-state index in [-0.39, 0.29) is 10.7 Å². The summed E-state index contributed by atoms with van der Waals surface area (Å²) in [5, 5.41) is 0. The second kappa shape index (κ2) is 6.32. The molecule has 0 unspecified atom stereocenters. The van der Waals surface area contributed by atoms with Crippen LogP contribution in [0.15, 0.2) is 47.4 Å². The quantitative estimate of drug-likeness (QED) is 0.858. The second-order valence-corrected chi connectivity index (χ2v) is 6.83. The molecule has 0 atom stereocenters. The van der Waals surface area contributed by atoms with Gasteiger partial charge in [-0.2, -0.15) is 0 Å². The lowest BCUT2D eigenvalue weighted by atomic mass is 10.1. The highest BCUT2D eigenvalue weighted by molar-refractivity contribution is 7.92. The van der Waals surface area contributed by atoms with Gasteiger partial charge >= 0.3 is 0 Å². The molecule has 0 aliphatic heterocycles. The Labute approximate surface area is 131 Å². The summed E-state index contributed by atoms with van der Waals surface area (Å²) in [7, 11) is -3.67. The van der Waals surface area contributed by atoms with E-state index in [0.29, 0.717) is 11.3 Å². The minimum absolute atomic E-state index is 0.0934. The number of carbonyl (C=O) groups is 1. The molecule has 4 nitrogen and oxygen atoms in total. The van der Waals surface area contributed by atoms with E-state index in [0.717, 1.165) is 17.5 Å². The molecule has 22 heavy (non-hydrogen) atoms. The van der Waals surface area contributed by atoms with Gasteiger partial charge in [-0.25, -0.2) is 8.42 Å². The number of hydrogen-bond acceptors (Lipinski definition) is 3. The van der Waals surface area contributed by atoms with Crippen molar-refractivity contribution in [1.82, 2.24) is 0 Å². The standard InChI is InChI=1S/C17H19NO3S/c1-4-14-7-5-6-12(2)17(14)18-22(20,21)16-10-8-15(9-11-16)13(3)19/h5-11,18H,4H2,1-3H3. The van der Waals surface area contributed by atoms with E-state index in [9.17, 15) is 13.2 Å². The Balaban J connectivity index is 2.38. The van der Waals surface area contributed by atoms with E-state index in [4.69, 9.17) is 0 Å². The number of benzene rings is 2. The molecule has 0 fully saturated rings. The van der Waals surface area contributed by atoms with Crippen molar-refractivity contribution in [3.8, 4) is 0 Å². The van der Waals surface area contributed by atoms with Gasteiger partial charge in [0.15, 0.2) is 5.78 Å². The van der Waals surface area contributed by atoms with E-state index < -0.39 is 10.0 Å². The number of para-hydroxylation sites is 1. The Morgan fingerprint density at radius 1 is 1.09 bits per heavy atom. The number of nitrogens with one attached hydrogen (secondary N) is 1. The molecule has 0 aromatic heterocycles. The summed E-state index contributed by atoms with van der Waals surface area (Å²) < 4.78 is 27.7. The number of ketones is 1. The highest BCUT2D eigenvalue weighted by Gasteiger charge is 2.17. The molecule has 0 spiro atoms. The third-order valence-electron chi connectivity index (χ3n) is 3.55. The first-order chi connectivity index (χ1) is 10.3. The van der Waals surface area contributed by atoms with Crippen LogP contribution in [-0.2, 0) is 16.4 Å². The summed E-state index contributed by atoms with van der Waals surface area (Å²) in [6.07, 6.45) is 0.739. The SMILES string of the molecule is CCc1cccc(C)c1NS(=O)(=O)c1ccc(C(C)=O)cc1. The van der Waals surface area contributed by atoms with Crippen LogP contribution >= 0.6 is 0 Å². The van der Waals surface area contributed by atoms with Crippen molar-refractivity contribution in [2.75, 3.05) is 4.72 Å². The van der Waals surface area contributed by atoms with Gasteiger partial charge in [0.25, 0.3) is 10.0 Å². The van der Waals surface area contributed by atoms with Gasteiger partial charge in [0.05, 0.1) is 10.6 Å². The minimum Gasteiger partial charge on any atom is -0.295 e. The van der Waals surface area contributed by atoms with Crippen LogP contribution in [0.3, 0.4) is 0 Å². The van der Waals surface area contributed by atoms with Gasteiger partial charge in [-0.05, 0) is 43.5 Å². The Morgan fingerprint density at radius 2 is 1.73 bits per heavy atom. The van der Waals surface area contributed by atoms with Crippen LogP contribution in [0.2, 0.25) is 0 Å². The van der Waals surface area contributed by atoms with Crippen LogP contribution in [0.25, 0.3) is 0 Å². The average Bonchev–Trinajstić information content (AvgIpc) is 2.49. The third kappa shape index (κ3) is 3.36. The lowest BCUT2D eigenvalue weighted by molar-refractivity contribution is 0.101. The average molecular weight is 317 g/mol. The number of sulfonamides is 1. The van der Waals surface area contributed by atoms with Gasteiger partial charge in [0, 0.05) is 5.56 Å². The Hall–Kier alpha value is -2.14. The summed E-state index contributed by atoms with van der Waals surface area (Å²) in [6.45, 7) is 5.30. The van der Waals surface area contributed by atoms with E-state index >= 15 is 0 Å². The zero-order valence-electron chi connectivity index (χ0n) is 12.9. The first-order valence-corrected chi connectivity index (χ1v) is 8.55. The van der Waals surface area contributed by atoms with Crippen molar-refractivity contribution in [2.45, 2.75) is 32.1 Å². The fourth-order valence-electron chi connectivity index (χ4n) is 2.23. The van der Waals surface area contributed by atoms with Crippen molar-refractivity contribution in [1.29, 1.82) is 0 Å². The molecule has 0 amide bonds. The number of Topliss-reactive ketones (excluding diaryl/α,β-unsaturated/α-hetero) is 1. The lowest BCUT2D eigenvalue weighted by Crippen LogP contribution is -2.15. The predicted molar refractivity (Wildman–Crippen MR) is 87.8 cm³/mol. The fourth-order valence-corrected chi connectivity index (χ4v) is 3.40. The zero-order valence-corrected chi connectivity index (χ0v) is 13.7. The maximum absolute atomic E-state index is 12.5. The maximum Gasteiger partial charge on any atom is 0.261 e. The number of carbonyl (C=O) groups excluding carboxylic acids is 1. The molecule has 0 aliphatic carbocycles. The second-order valence-electron chi connectivity index (χ2n) is 5.15. The summed E-state index contributed by atoms with van der Waals surface area (Å²) >= 11 is 0. The molecular formula is C17H19NO3S. The van der Waals surface area contributed by atoms with Gasteiger partial charge in [-0.1, -0.05) is 37.3 Å². The molecule has 5 heteroatoms. The van der Waals surface area contributed by atoms with Crippen molar-refractivity contribution < 1.29 is 13.2 Å².